The zero-order valence-electron chi connectivity index (χ0n) is 20.2. The van der Waals surface area contributed by atoms with Gasteiger partial charge in [-0.2, -0.15) is 4.98 Å². The number of hydrogen-bond acceptors (Lipinski definition) is 9. The van der Waals surface area contributed by atoms with Gasteiger partial charge in [-0.1, -0.05) is 6.92 Å². The molecular weight excluding hydrogens is 451 g/mol. The highest BCUT2D eigenvalue weighted by Gasteiger charge is 2.50. The minimum absolute atomic E-state index is 0.0621. The molecule has 3 aliphatic heterocycles. The van der Waals surface area contributed by atoms with Gasteiger partial charge in [0.25, 0.3) is 0 Å². The summed E-state index contributed by atoms with van der Waals surface area (Å²) >= 11 is 0. The van der Waals surface area contributed by atoms with E-state index in [0.717, 1.165) is 44.0 Å². The van der Waals surface area contributed by atoms with E-state index in [-0.39, 0.29) is 18.0 Å². The van der Waals surface area contributed by atoms with Crippen LogP contribution in [0.3, 0.4) is 0 Å². The number of piperidine rings is 1. The van der Waals surface area contributed by atoms with E-state index < -0.39 is 12.3 Å². The number of aromatic nitrogens is 3. The van der Waals surface area contributed by atoms with Gasteiger partial charge in [-0.3, -0.25) is 5.41 Å². The van der Waals surface area contributed by atoms with Crippen LogP contribution in [0.5, 0.6) is 0 Å². The number of aliphatic hydroxyl groups is 1. The number of anilines is 4. The van der Waals surface area contributed by atoms with Crippen molar-refractivity contribution in [1.29, 1.82) is 5.41 Å². The number of amidine groups is 1. The van der Waals surface area contributed by atoms with Gasteiger partial charge in [-0.25, -0.2) is 14.4 Å². The normalized spacial score (nSPS) is 23.9. The monoisotopic (exact) mass is 484 g/mol. The maximum absolute atomic E-state index is 14.0. The van der Waals surface area contributed by atoms with Gasteiger partial charge in [-0.15, -0.1) is 0 Å². The molecule has 0 aliphatic carbocycles. The highest BCUT2D eigenvalue weighted by atomic mass is 19.1. The maximum Gasteiger partial charge on any atom is 0.227 e. The molecule has 0 amide bonds. The fourth-order valence-electron chi connectivity index (χ4n) is 4.64. The zero-order chi connectivity index (χ0) is 24.6. The van der Waals surface area contributed by atoms with Crippen molar-refractivity contribution in [2.24, 2.45) is 5.41 Å². The van der Waals surface area contributed by atoms with Crippen LogP contribution in [0.15, 0.2) is 24.5 Å². The molecule has 3 fully saturated rings. The predicted octanol–water partition coefficient (Wildman–Crippen LogP) is 2.39. The third-order valence-electron chi connectivity index (χ3n) is 7.05. The van der Waals surface area contributed by atoms with Crippen LogP contribution in [0, 0.1) is 10.8 Å². The van der Waals surface area contributed by atoms with Crippen molar-refractivity contribution in [1.82, 2.24) is 19.9 Å². The lowest BCUT2D eigenvalue weighted by molar-refractivity contribution is -0.171. The largest absolute Gasteiger partial charge is 0.390 e. The van der Waals surface area contributed by atoms with E-state index >= 15 is 0 Å². The van der Waals surface area contributed by atoms with Crippen molar-refractivity contribution in [2.45, 2.75) is 45.0 Å². The molecule has 3 unspecified atom stereocenters. The number of nitrogens with zero attached hydrogens (tertiary/aromatic N) is 5. The van der Waals surface area contributed by atoms with Crippen LogP contribution in [0.1, 0.15) is 32.3 Å². The fourth-order valence-corrected chi connectivity index (χ4v) is 4.64. The van der Waals surface area contributed by atoms with E-state index in [9.17, 15) is 9.50 Å². The van der Waals surface area contributed by atoms with E-state index in [1.54, 1.807) is 23.4 Å². The molecule has 35 heavy (non-hydrogen) atoms. The van der Waals surface area contributed by atoms with Gasteiger partial charge in [0.05, 0.1) is 42.5 Å². The standard InChI is InChI=1S/C24H33FN8O2/c1-3-15(2)29-18-8-21(28-9-16(18)22(26)33-11-24(12-33)13-35-14-24)30-20-4-6-27-23(31-20)32-7-5-19(34)17(25)10-32/h4,6,8-9,15,17,19,26,34H,3,5,7,10-14H2,1-2H3,(H2,27,28,29,30,31). The molecule has 2 aromatic heterocycles. The summed E-state index contributed by atoms with van der Waals surface area (Å²) in [6.45, 7) is 8.01. The lowest BCUT2D eigenvalue weighted by atomic mass is 9.77. The average Bonchev–Trinajstić information content (AvgIpc) is 2.79. The van der Waals surface area contributed by atoms with Gasteiger partial charge >= 0.3 is 0 Å². The van der Waals surface area contributed by atoms with Gasteiger partial charge in [0.2, 0.25) is 5.95 Å². The van der Waals surface area contributed by atoms with Gasteiger partial charge < -0.3 is 30.3 Å². The van der Waals surface area contributed by atoms with Crippen molar-refractivity contribution in [2.75, 3.05) is 54.9 Å². The summed E-state index contributed by atoms with van der Waals surface area (Å²) in [6, 6.07) is 3.86. The number of likely N-dealkylation sites (tertiary alicyclic amines) is 1. The Morgan fingerprint density at radius 2 is 2.14 bits per heavy atom. The Hall–Kier alpha value is -3.05. The molecule has 3 saturated heterocycles. The summed E-state index contributed by atoms with van der Waals surface area (Å²) in [5.41, 5.74) is 1.83. The molecule has 188 valence electrons. The first-order valence-corrected chi connectivity index (χ1v) is 12.2. The summed E-state index contributed by atoms with van der Waals surface area (Å²) < 4.78 is 19.3. The molecule has 0 radical (unpaired) electrons. The molecule has 1 spiro atoms. The van der Waals surface area contributed by atoms with Gasteiger partial charge in [-0.05, 0) is 25.8 Å². The van der Waals surface area contributed by atoms with E-state index in [1.807, 2.05) is 6.07 Å². The SMILES string of the molecule is CCC(C)Nc1cc(Nc2ccnc(N3CCC(O)C(F)C3)n2)ncc1C(=N)N1CC2(COC2)C1. The lowest BCUT2D eigenvalue weighted by Gasteiger charge is -2.55. The lowest BCUT2D eigenvalue weighted by Crippen LogP contribution is -2.67. The fraction of sp³-hybridized carbons (Fsp3) is 0.583. The Morgan fingerprint density at radius 3 is 2.83 bits per heavy atom. The van der Waals surface area contributed by atoms with Crippen LogP contribution in [0.2, 0.25) is 0 Å². The van der Waals surface area contributed by atoms with Crippen LogP contribution >= 0.6 is 0 Å². The highest BCUT2D eigenvalue weighted by Crippen LogP contribution is 2.39. The molecule has 3 aliphatic rings. The molecule has 5 heterocycles. The quantitative estimate of drug-likeness (QED) is 0.347. The molecule has 4 N–H and O–H groups in total. The number of rotatable bonds is 7. The summed E-state index contributed by atoms with van der Waals surface area (Å²) in [5, 5.41) is 25.2. The second-order valence-corrected chi connectivity index (χ2v) is 9.95. The molecule has 2 aromatic rings. The van der Waals surface area contributed by atoms with E-state index in [0.29, 0.717) is 36.4 Å². The molecule has 5 rings (SSSR count). The Morgan fingerprint density at radius 1 is 1.34 bits per heavy atom. The molecule has 3 atom stereocenters. The van der Waals surface area contributed by atoms with Gasteiger partial charge in [0, 0.05) is 44.1 Å². The summed E-state index contributed by atoms with van der Waals surface area (Å²) in [7, 11) is 0. The molecular formula is C24H33FN8O2. The van der Waals surface area contributed by atoms with E-state index in [2.05, 4.69) is 44.3 Å². The van der Waals surface area contributed by atoms with Crippen LogP contribution in [0.25, 0.3) is 0 Å². The minimum atomic E-state index is -1.32. The number of alkyl halides is 1. The van der Waals surface area contributed by atoms with Crippen molar-refractivity contribution >= 4 is 29.1 Å². The van der Waals surface area contributed by atoms with Crippen molar-refractivity contribution in [3.63, 3.8) is 0 Å². The van der Waals surface area contributed by atoms with Crippen LogP contribution in [0.4, 0.5) is 27.7 Å². The average molecular weight is 485 g/mol. The number of pyridine rings is 1. The number of ether oxygens (including phenoxy) is 1. The number of halogens is 1. The zero-order valence-corrected chi connectivity index (χ0v) is 20.2. The molecule has 0 aromatic carbocycles. The number of aliphatic hydroxyl groups excluding tert-OH is 1. The predicted molar refractivity (Wildman–Crippen MR) is 132 cm³/mol. The molecule has 10 nitrogen and oxygen atoms in total. The topological polar surface area (TPSA) is 123 Å². The smallest absolute Gasteiger partial charge is 0.227 e. The summed E-state index contributed by atoms with van der Waals surface area (Å²) in [6.07, 6.45) is 2.37. The number of nitrogens with one attached hydrogen (secondary N) is 3. The van der Waals surface area contributed by atoms with Crippen molar-refractivity contribution in [3.05, 3.63) is 30.1 Å². The Kier molecular flexibility index (Phi) is 6.45. The summed E-state index contributed by atoms with van der Waals surface area (Å²) in [5.74, 6) is 2.00. The van der Waals surface area contributed by atoms with Crippen LogP contribution in [-0.2, 0) is 4.74 Å². The van der Waals surface area contributed by atoms with Crippen molar-refractivity contribution < 1.29 is 14.2 Å². The first-order valence-electron chi connectivity index (χ1n) is 12.2. The summed E-state index contributed by atoms with van der Waals surface area (Å²) in [4.78, 5) is 17.2. The molecule has 0 bridgehead atoms. The van der Waals surface area contributed by atoms with Crippen LogP contribution < -0.4 is 15.5 Å². The van der Waals surface area contributed by atoms with Crippen molar-refractivity contribution in [3.8, 4) is 0 Å². The highest BCUT2D eigenvalue weighted by molar-refractivity contribution is 6.02. The minimum Gasteiger partial charge on any atom is -0.390 e. The second kappa shape index (κ2) is 9.54. The Labute approximate surface area is 204 Å². The third-order valence-corrected chi connectivity index (χ3v) is 7.05. The first kappa shape index (κ1) is 23.7. The van der Waals surface area contributed by atoms with Crippen LogP contribution in [-0.4, -0.2) is 88.5 Å². The Balaban J connectivity index is 1.32. The Bertz CT molecular complexity index is 1070. The second-order valence-electron chi connectivity index (χ2n) is 9.95. The van der Waals surface area contributed by atoms with Gasteiger partial charge in [0.15, 0.2) is 0 Å². The molecule has 0 saturated carbocycles. The third kappa shape index (κ3) is 4.87. The van der Waals surface area contributed by atoms with E-state index in [4.69, 9.17) is 10.1 Å². The number of hydrogen-bond donors (Lipinski definition) is 4. The van der Waals surface area contributed by atoms with Gasteiger partial charge in [0.1, 0.15) is 23.6 Å². The first-order chi connectivity index (χ1) is 16.9. The van der Waals surface area contributed by atoms with E-state index in [1.165, 1.54) is 0 Å². The maximum atomic E-state index is 14.0. The molecule has 11 heteroatoms.